The average molecular weight is 389 g/mol. The van der Waals surface area contributed by atoms with Crippen molar-refractivity contribution in [1.29, 1.82) is 0 Å². The molecule has 16 nitrogen and oxygen atoms in total. The summed E-state index contributed by atoms with van der Waals surface area (Å²) in [5.41, 5.74) is 0.805. The van der Waals surface area contributed by atoms with E-state index in [-0.39, 0.29) is 0 Å². The molecule has 2 aromatic rings. The van der Waals surface area contributed by atoms with E-state index in [2.05, 4.69) is 40.9 Å². The molecule has 0 radical (unpaired) electrons. The summed E-state index contributed by atoms with van der Waals surface area (Å²) < 4.78 is 67.7. The highest BCUT2D eigenvalue weighted by Crippen LogP contribution is 2.19. The van der Waals surface area contributed by atoms with E-state index in [1.807, 2.05) is 0 Å². The zero-order valence-electron chi connectivity index (χ0n) is 11.3. The SMILES string of the molecule is C1NCNc2nc3nonc3nc2N1.O=S(=O)(O)O.O=S(=O)(O)O. The summed E-state index contributed by atoms with van der Waals surface area (Å²) in [7, 11) is -9.33. The maximum Gasteiger partial charge on any atom is 0.394 e. The van der Waals surface area contributed by atoms with Crippen molar-refractivity contribution in [3.05, 3.63) is 0 Å². The monoisotopic (exact) mass is 389 g/mol. The van der Waals surface area contributed by atoms with E-state index in [1.165, 1.54) is 0 Å². The van der Waals surface area contributed by atoms with Gasteiger partial charge in [-0.3, -0.25) is 23.5 Å². The first-order valence-electron chi connectivity index (χ1n) is 5.52. The van der Waals surface area contributed by atoms with Gasteiger partial charge in [-0.25, -0.2) is 14.6 Å². The molecule has 0 saturated carbocycles. The summed E-state index contributed by atoms with van der Waals surface area (Å²) in [5, 5.41) is 16.4. The van der Waals surface area contributed by atoms with Gasteiger partial charge in [-0.1, -0.05) is 0 Å². The Kier molecular flexibility index (Phi) is 6.65. The second-order valence-corrected chi connectivity index (χ2v) is 5.48. The van der Waals surface area contributed by atoms with E-state index in [4.69, 9.17) is 35.0 Å². The van der Waals surface area contributed by atoms with Gasteiger partial charge in [0, 0.05) is 0 Å². The number of nitrogens with one attached hydrogen (secondary N) is 3. The third-order valence-corrected chi connectivity index (χ3v) is 1.88. The van der Waals surface area contributed by atoms with Gasteiger partial charge in [0.2, 0.25) is 11.3 Å². The normalized spacial score (nSPS) is 13.8. The van der Waals surface area contributed by atoms with Crippen molar-refractivity contribution in [2.24, 2.45) is 0 Å². The summed E-state index contributed by atoms with van der Waals surface area (Å²) in [4.78, 5) is 8.38. The van der Waals surface area contributed by atoms with Crippen LogP contribution in [0.4, 0.5) is 11.6 Å². The third kappa shape index (κ3) is 9.04. The lowest BCUT2D eigenvalue weighted by Crippen LogP contribution is -2.23. The Labute approximate surface area is 133 Å². The van der Waals surface area contributed by atoms with Gasteiger partial charge in [0.1, 0.15) is 0 Å². The van der Waals surface area contributed by atoms with Crippen molar-refractivity contribution in [3.63, 3.8) is 0 Å². The van der Waals surface area contributed by atoms with Gasteiger partial charge < -0.3 is 10.6 Å². The largest absolute Gasteiger partial charge is 0.394 e. The molecule has 0 fully saturated rings. The van der Waals surface area contributed by atoms with Gasteiger partial charge >= 0.3 is 20.8 Å². The summed E-state index contributed by atoms with van der Waals surface area (Å²) in [5.74, 6) is 1.30. The quantitative estimate of drug-likeness (QED) is 0.242. The highest BCUT2D eigenvalue weighted by molar-refractivity contribution is 7.80. The molecule has 2 aromatic heterocycles. The molecule has 3 rings (SSSR count). The van der Waals surface area contributed by atoms with E-state index >= 15 is 0 Å². The van der Waals surface area contributed by atoms with E-state index in [1.54, 1.807) is 0 Å². The predicted octanol–water partition coefficient (Wildman–Crippen LogP) is -1.95. The molecule has 0 spiro atoms. The van der Waals surface area contributed by atoms with Crippen molar-refractivity contribution in [3.8, 4) is 0 Å². The minimum absolute atomic E-state index is 0.403. The van der Waals surface area contributed by atoms with Crippen molar-refractivity contribution < 1.29 is 39.7 Å². The van der Waals surface area contributed by atoms with Crippen molar-refractivity contribution in [2.75, 3.05) is 24.0 Å². The van der Waals surface area contributed by atoms with Crippen LogP contribution in [-0.2, 0) is 20.8 Å². The minimum atomic E-state index is -4.67. The van der Waals surface area contributed by atoms with Gasteiger partial charge in [0.15, 0.2) is 11.6 Å². The highest BCUT2D eigenvalue weighted by atomic mass is 32.3. The molecule has 0 saturated heterocycles. The van der Waals surface area contributed by atoms with Crippen LogP contribution in [0.5, 0.6) is 0 Å². The second-order valence-electron chi connectivity index (χ2n) is 3.69. The van der Waals surface area contributed by atoms with Gasteiger partial charge in [-0.05, 0) is 10.3 Å². The van der Waals surface area contributed by atoms with Crippen molar-refractivity contribution in [1.82, 2.24) is 25.6 Å². The molecular formula is C6H11N7O9S2. The third-order valence-electron chi connectivity index (χ3n) is 1.88. The maximum absolute atomic E-state index is 8.74. The second kappa shape index (κ2) is 8.05. The Morgan fingerprint density at radius 1 is 0.792 bits per heavy atom. The molecule has 0 bridgehead atoms. The van der Waals surface area contributed by atoms with Crippen LogP contribution in [0.3, 0.4) is 0 Å². The van der Waals surface area contributed by atoms with Crippen LogP contribution in [0.2, 0.25) is 0 Å². The first-order valence-corrected chi connectivity index (χ1v) is 8.31. The van der Waals surface area contributed by atoms with Crippen LogP contribution in [-0.4, -0.2) is 68.7 Å². The molecular weight excluding hydrogens is 378 g/mol. The van der Waals surface area contributed by atoms with E-state index in [0.29, 0.717) is 36.3 Å². The Balaban J connectivity index is 0.000000243. The number of aromatic nitrogens is 4. The zero-order valence-corrected chi connectivity index (χ0v) is 13.0. The minimum Gasteiger partial charge on any atom is -0.354 e. The number of hydrogen-bond donors (Lipinski definition) is 7. The number of hydrogen-bond acceptors (Lipinski definition) is 12. The standard InChI is InChI=1S/C6H7N7O.2H2O4S/c1-7-2-9-4-3(8-1)10-5-6(11-4)13-14-12-5;2*1-5(2,3)4/h7H,1-2H2,(H,8,10,12)(H,9,11,13);2*(H2,1,2,3,4). The summed E-state index contributed by atoms with van der Waals surface area (Å²) in [6.45, 7) is 1.26. The molecule has 1 aliphatic heterocycles. The smallest absolute Gasteiger partial charge is 0.354 e. The molecule has 1 aliphatic rings. The van der Waals surface area contributed by atoms with Crippen molar-refractivity contribution >= 4 is 43.7 Å². The Morgan fingerprint density at radius 2 is 1.12 bits per heavy atom. The lowest BCUT2D eigenvalue weighted by Gasteiger charge is -2.02. The molecule has 24 heavy (non-hydrogen) atoms. The highest BCUT2D eigenvalue weighted by Gasteiger charge is 2.13. The number of fused-ring (bicyclic) bond motifs is 2. The van der Waals surface area contributed by atoms with E-state index in [9.17, 15) is 0 Å². The Bertz CT molecular complexity index is 793. The molecule has 0 unspecified atom stereocenters. The predicted molar refractivity (Wildman–Crippen MR) is 75.9 cm³/mol. The van der Waals surface area contributed by atoms with Crippen LogP contribution < -0.4 is 16.0 Å². The fourth-order valence-electron chi connectivity index (χ4n) is 1.24. The molecule has 7 N–H and O–H groups in total. The van der Waals surface area contributed by atoms with Gasteiger partial charge in [-0.15, -0.1) is 0 Å². The van der Waals surface area contributed by atoms with Gasteiger partial charge in [0.25, 0.3) is 0 Å². The fourth-order valence-corrected chi connectivity index (χ4v) is 1.24. The molecule has 136 valence electrons. The molecule has 3 heterocycles. The molecule has 0 atom stereocenters. The zero-order chi connectivity index (χ0) is 18.4. The topological polar surface area (TPSA) is 250 Å². The average Bonchev–Trinajstić information content (AvgIpc) is 2.69. The lowest BCUT2D eigenvalue weighted by atomic mass is 10.5. The van der Waals surface area contributed by atoms with Crippen LogP contribution in [0.25, 0.3) is 11.3 Å². The Morgan fingerprint density at radius 3 is 1.46 bits per heavy atom. The first-order chi connectivity index (χ1) is 10.9. The van der Waals surface area contributed by atoms with Crippen LogP contribution in [0.1, 0.15) is 0 Å². The van der Waals surface area contributed by atoms with Crippen molar-refractivity contribution in [2.45, 2.75) is 0 Å². The fraction of sp³-hybridized carbons (Fsp3) is 0.333. The molecule has 0 aromatic carbocycles. The summed E-state index contributed by atoms with van der Waals surface area (Å²) in [6, 6.07) is 0. The van der Waals surface area contributed by atoms with Crippen LogP contribution in [0, 0.1) is 0 Å². The molecule has 18 heteroatoms. The van der Waals surface area contributed by atoms with Gasteiger partial charge in [-0.2, -0.15) is 16.8 Å². The lowest BCUT2D eigenvalue weighted by molar-refractivity contribution is 0.314. The van der Waals surface area contributed by atoms with E-state index < -0.39 is 20.8 Å². The summed E-state index contributed by atoms with van der Waals surface area (Å²) >= 11 is 0. The number of nitrogens with zero attached hydrogens (tertiary/aromatic N) is 4. The Hall–Kier alpha value is -2.22. The van der Waals surface area contributed by atoms with Crippen LogP contribution >= 0.6 is 0 Å². The van der Waals surface area contributed by atoms with Gasteiger partial charge in [0.05, 0.1) is 13.3 Å². The first kappa shape index (κ1) is 19.8. The number of rotatable bonds is 0. The summed E-state index contributed by atoms with van der Waals surface area (Å²) in [6.07, 6.45) is 0. The van der Waals surface area contributed by atoms with E-state index in [0.717, 1.165) is 0 Å². The van der Waals surface area contributed by atoms with Crippen LogP contribution in [0.15, 0.2) is 4.63 Å². The number of anilines is 2. The maximum atomic E-state index is 8.74. The molecule has 0 aliphatic carbocycles. The molecule has 0 amide bonds.